The second-order valence-corrected chi connectivity index (χ2v) is 10.00. The zero-order valence-electron chi connectivity index (χ0n) is 16.3. The molecule has 0 saturated heterocycles. The normalized spacial score (nSPS) is 20.4. The number of nitrogens with one attached hydrogen (secondary N) is 1. The zero-order valence-corrected chi connectivity index (χ0v) is 17.1. The first-order valence-corrected chi connectivity index (χ1v) is 11.6. The van der Waals surface area contributed by atoms with Crippen molar-refractivity contribution in [3.63, 3.8) is 0 Å². The van der Waals surface area contributed by atoms with Gasteiger partial charge in [0.15, 0.2) is 0 Å². The van der Waals surface area contributed by atoms with E-state index >= 15 is 0 Å². The summed E-state index contributed by atoms with van der Waals surface area (Å²) < 4.78 is 25.6. The summed E-state index contributed by atoms with van der Waals surface area (Å²) >= 11 is 0. The van der Waals surface area contributed by atoms with Gasteiger partial charge in [-0.2, -0.15) is 0 Å². The quantitative estimate of drug-likeness (QED) is 0.841. The van der Waals surface area contributed by atoms with E-state index in [1.54, 1.807) is 12.1 Å². The lowest BCUT2D eigenvalue weighted by Gasteiger charge is -2.42. The molecule has 2 aromatic rings. The molecule has 6 heteroatoms. The van der Waals surface area contributed by atoms with Gasteiger partial charge >= 0.3 is 0 Å². The van der Waals surface area contributed by atoms with Crippen LogP contribution in [0, 0.1) is 0 Å². The smallest absolute Gasteiger partial charge is 0.251 e. The number of hydrogen-bond donors (Lipinski definition) is 1. The number of carbonyl (C=O) groups excluding carboxylic acids is 1. The summed E-state index contributed by atoms with van der Waals surface area (Å²) in [6.07, 6.45) is 5.20. The van der Waals surface area contributed by atoms with Gasteiger partial charge in [0.25, 0.3) is 5.91 Å². The lowest BCUT2D eigenvalue weighted by atomic mass is 9.64. The van der Waals surface area contributed by atoms with Crippen molar-refractivity contribution in [3.8, 4) is 0 Å². The third kappa shape index (κ3) is 3.30. The van der Waals surface area contributed by atoms with Crippen molar-refractivity contribution in [3.05, 3.63) is 65.2 Å². The Morgan fingerprint density at radius 2 is 1.89 bits per heavy atom. The molecule has 0 spiro atoms. The van der Waals surface area contributed by atoms with E-state index in [1.165, 1.54) is 22.5 Å². The summed E-state index contributed by atoms with van der Waals surface area (Å²) in [6.45, 7) is 2.51. The number of anilines is 1. The van der Waals surface area contributed by atoms with Crippen LogP contribution in [0.2, 0.25) is 0 Å². The minimum atomic E-state index is -3.32. The molecule has 2 aliphatic rings. The van der Waals surface area contributed by atoms with Crippen LogP contribution >= 0.6 is 0 Å². The Morgan fingerprint density at radius 1 is 1.18 bits per heavy atom. The maximum Gasteiger partial charge on any atom is 0.251 e. The van der Waals surface area contributed by atoms with E-state index < -0.39 is 10.0 Å². The average molecular weight is 399 g/mol. The van der Waals surface area contributed by atoms with Crippen molar-refractivity contribution in [2.75, 3.05) is 17.1 Å². The highest BCUT2D eigenvalue weighted by molar-refractivity contribution is 7.92. The second kappa shape index (κ2) is 6.92. The molecule has 148 valence electrons. The van der Waals surface area contributed by atoms with E-state index in [9.17, 15) is 13.2 Å². The van der Waals surface area contributed by atoms with Gasteiger partial charge in [0, 0.05) is 23.6 Å². The summed E-state index contributed by atoms with van der Waals surface area (Å²) in [5, 5.41) is 3.11. The topological polar surface area (TPSA) is 66.5 Å². The molecule has 1 unspecified atom stereocenters. The van der Waals surface area contributed by atoms with Crippen LogP contribution in [0.15, 0.2) is 48.5 Å². The fourth-order valence-corrected chi connectivity index (χ4v) is 5.83. The molecular weight excluding hydrogens is 372 g/mol. The third-order valence-corrected chi connectivity index (χ3v) is 7.41. The van der Waals surface area contributed by atoms with Crippen molar-refractivity contribution in [2.45, 2.75) is 44.1 Å². The third-order valence-electron chi connectivity index (χ3n) is 6.14. The van der Waals surface area contributed by atoms with Gasteiger partial charge < -0.3 is 5.32 Å². The molecule has 0 radical (unpaired) electrons. The van der Waals surface area contributed by atoms with E-state index in [1.807, 2.05) is 31.2 Å². The lowest BCUT2D eigenvalue weighted by Crippen LogP contribution is -2.45. The molecule has 0 aromatic heterocycles. The number of rotatable bonds is 5. The largest absolute Gasteiger partial charge is 0.351 e. The van der Waals surface area contributed by atoms with Crippen LogP contribution in [0.3, 0.4) is 0 Å². The SMILES string of the molecule is CC1Cc2cc(C(=O)NCC3(c4ccccc4)CCC3)ccc2N1S(C)(=O)=O. The predicted molar refractivity (Wildman–Crippen MR) is 111 cm³/mol. The zero-order chi connectivity index (χ0) is 19.9. The maximum atomic E-state index is 12.8. The molecule has 1 amide bonds. The van der Waals surface area contributed by atoms with Crippen LogP contribution < -0.4 is 9.62 Å². The molecule has 5 nitrogen and oxygen atoms in total. The molecule has 1 aliphatic heterocycles. The van der Waals surface area contributed by atoms with Gasteiger partial charge in [-0.25, -0.2) is 8.42 Å². The van der Waals surface area contributed by atoms with Crippen molar-refractivity contribution >= 4 is 21.6 Å². The van der Waals surface area contributed by atoms with Crippen LogP contribution in [0.1, 0.15) is 47.7 Å². The standard InChI is InChI=1S/C22H26N2O3S/c1-16-13-18-14-17(9-10-20(18)24(16)28(2,26)27)21(25)23-15-22(11-6-12-22)19-7-4-3-5-8-19/h3-5,7-10,14,16H,6,11-13,15H2,1-2H3,(H,23,25). The Balaban J connectivity index is 1.50. The molecule has 1 heterocycles. The number of benzene rings is 2. The average Bonchev–Trinajstić information content (AvgIpc) is 2.96. The number of sulfonamides is 1. The van der Waals surface area contributed by atoms with Gasteiger partial charge in [-0.1, -0.05) is 36.8 Å². The first-order chi connectivity index (χ1) is 13.3. The molecule has 1 fully saturated rings. The number of hydrogen-bond acceptors (Lipinski definition) is 3. The highest BCUT2D eigenvalue weighted by atomic mass is 32.2. The van der Waals surface area contributed by atoms with E-state index in [0.29, 0.717) is 24.2 Å². The minimum Gasteiger partial charge on any atom is -0.351 e. The van der Waals surface area contributed by atoms with Crippen molar-refractivity contribution in [1.29, 1.82) is 0 Å². The Bertz CT molecular complexity index is 998. The molecule has 1 N–H and O–H groups in total. The van der Waals surface area contributed by atoms with E-state index in [-0.39, 0.29) is 17.4 Å². The van der Waals surface area contributed by atoms with Gasteiger partial charge in [-0.15, -0.1) is 0 Å². The summed E-state index contributed by atoms with van der Waals surface area (Å²) in [7, 11) is -3.32. The molecule has 4 rings (SSSR count). The van der Waals surface area contributed by atoms with Crippen LogP contribution in [0.25, 0.3) is 0 Å². The molecule has 1 atom stereocenters. The fraction of sp³-hybridized carbons (Fsp3) is 0.409. The summed E-state index contributed by atoms with van der Waals surface area (Å²) in [5.41, 5.74) is 3.50. The summed E-state index contributed by atoms with van der Waals surface area (Å²) in [4.78, 5) is 12.8. The van der Waals surface area contributed by atoms with E-state index in [0.717, 1.165) is 18.4 Å². The van der Waals surface area contributed by atoms with Crippen LogP contribution in [-0.4, -0.2) is 33.2 Å². The number of nitrogens with zero attached hydrogens (tertiary/aromatic N) is 1. The maximum absolute atomic E-state index is 12.8. The first-order valence-electron chi connectivity index (χ1n) is 9.76. The van der Waals surface area contributed by atoms with Gasteiger partial charge in [0.05, 0.1) is 11.9 Å². The van der Waals surface area contributed by atoms with Crippen LogP contribution in [0.5, 0.6) is 0 Å². The van der Waals surface area contributed by atoms with Crippen molar-refractivity contribution < 1.29 is 13.2 Å². The number of fused-ring (bicyclic) bond motifs is 1. The Kier molecular flexibility index (Phi) is 4.70. The first kappa shape index (κ1) is 19.0. The Hall–Kier alpha value is -2.34. The number of carbonyl (C=O) groups is 1. The minimum absolute atomic E-state index is 0.0370. The van der Waals surface area contributed by atoms with E-state index in [4.69, 9.17) is 0 Å². The predicted octanol–water partition coefficient (Wildman–Crippen LogP) is 3.25. The Morgan fingerprint density at radius 3 is 2.50 bits per heavy atom. The van der Waals surface area contributed by atoms with Crippen molar-refractivity contribution in [1.82, 2.24) is 5.32 Å². The molecular formula is C22H26N2O3S. The molecule has 0 bridgehead atoms. The summed E-state index contributed by atoms with van der Waals surface area (Å²) in [6, 6.07) is 15.6. The highest BCUT2D eigenvalue weighted by Gasteiger charge is 2.39. The molecule has 1 saturated carbocycles. The van der Waals surface area contributed by atoms with Crippen LogP contribution in [0.4, 0.5) is 5.69 Å². The highest BCUT2D eigenvalue weighted by Crippen LogP contribution is 2.43. The van der Waals surface area contributed by atoms with Crippen LogP contribution in [-0.2, 0) is 21.9 Å². The van der Waals surface area contributed by atoms with Gasteiger partial charge in [-0.05, 0) is 55.5 Å². The number of amides is 1. The van der Waals surface area contributed by atoms with Gasteiger partial charge in [-0.3, -0.25) is 9.10 Å². The molecule has 28 heavy (non-hydrogen) atoms. The van der Waals surface area contributed by atoms with Gasteiger partial charge in [0.1, 0.15) is 0 Å². The Labute approximate surface area is 166 Å². The molecule has 2 aromatic carbocycles. The molecule has 1 aliphatic carbocycles. The second-order valence-electron chi connectivity index (χ2n) is 8.14. The summed E-state index contributed by atoms with van der Waals surface area (Å²) in [5.74, 6) is -0.101. The lowest BCUT2D eigenvalue weighted by molar-refractivity contribution is 0.0928. The van der Waals surface area contributed by atoms with E-state index in [2.05, 4.69) is 17.4 Å². The fourth-order valence-electron chi connectivity index (χ4n) is 4.56. The van der Waals surface area contributed by atoms with Crippen molar-refractivity contribution in [2.24, 2.45) is 0 Å². The monoisotopic (exact) mass is 398 g/mol. The van der Waals surface area contributed by atoms with Gasteiger partial charge in [0.2, 0.25) is 10.0 Å².